The number of nitrogens with zero attached hydrogens (tertiary/aromatic N) is 3. The molecule has 0 amide bonds. The number of carbonyl (C=O) groups excluding carboxylic acids is 1. The SMILES string of the molecule is CCOC(=O)c1n[nH]nc1-c1ccc(OCCCN2CCOCC2)cc1. The molecule has 1 aromatic heterocycles. The van der Waals surface area contributed by atoms with Gasteiger partial charge in [0.15, 0.2) is 5.69 Å². The molecular weight excluding hydrogens is 336 g/mol. The zero-order valence-electron chi connectivity index (χ0n) is 14.9. The summed E-state index contributed by atoms with van der Waals surface area (Å²) in [6, 6.07) is 7.46. The summed E-state index contributed by atoms with van der Waals surface area (Å²) in [5, 5.41) is 10.4. The molecule has 0 atom stereocenters. The number of aromatic amines is 1. The molecule has 1 saturated heterocycles. The van der Waals surface area contributed by atoms with E-state index in [9.17, 15) is 4.79 Å². The number of aromatic nitrogens is 3. The molecule has 0 radical (unpaired) electrons. The number of rotatable bonds is 8. The van der Waals surface area contributed by atoms with Crippen LogP contribution in [0.2, 0.25) is 0 Å². The monoisotopic (exact) mass is 360 g/mol. The van der Waals surface area contributed by atoms with Crippen LogP contribution < -0.4 is 4.74 Å². The lowest BCUT2D eigenvalue weighted by Crippen LogP contribution is -2.37. The smallest absolute Gasteiger partial charge is 0.361 e. The second kappa shape index (κ2) is 9.30. The van der Waals surface area contributed by atoms with Crippen molar-refractivity contribution in [2.45, 2.75) is 13.3 Å². The topological polar surface area (TPSA) is 89.6 Å². The van der Waals surface area contributed by atoms with Gasteiger partial charge in [0.05, 0.1) is 26.4 Å². The molecular formula is C18H24N4O4. The molecule has 0 aliphatic carbocycles. The van der Waals surface area contributed by atoms with Gasteiger partial charge < -0.3 is 14.2 Å². The van der Waals surface area contributed by atoms with E-state index in [4.69, 9.17) is 14.2 Å². The molecule has 0 unspecified atom stereocenters. The van der Waals surface area contributed by atoms with E-state index in [0.717, 1.165) is 50.6 Å². The van der Waals surface area contributed by atoms with Gasteiger partial charge in [0, 0.05) is 25.2 Å². The predicted molar refractivity (Wildman–Crippen MR) is 95.1 cm³/mol. The lowest BCUT2D eigenvalue weighted by Gasteiger charge is -2.26. The van der Waals surface area contributed by atoms with Crippen LogP contribution in [0.5, 0.6) is 5.75 Å². The Morgan fingerprint density at radius 3 is 2.73 bits per heavy atom. The first-order valence-electron chi connectivity index (χ1n) is 8.89. The van der Waals surface area contributed by atoms with Gasteiger partial charge in [0.1, 0.15) is 11.4 Å². The zero-order chi connectivity index (χ0) is 18.2. The van der Waals surface area contributed by atoms with E-state index >= 15 is 0 Å². The first-order valence-corrected chi connectivity index (χ1v) is 8.89. The standard InChI is InChI=1S/C18H24N4O4/c1-2-25-18(23)17-16(19-21-20-17)14-4-6-15(7-5-14)26-11-3-8-22-9-12-24-13-10-22/h4-7H,2-3,8-13H2,1H3,(H,19,20,21). The van der Waals surface area contributed by atoms with Gasteiger partial charge in [-0.1, -0.05) is 0 Å². The van der Waals surface area contributed by atoms with Gasteiger partial charge in [0.2, 0.25) is 0 Å². The van der Waals surface area contributed by atoms with Gasteiger partial charge in [-0.15, -0.1) is 5.10 Å². The first kappa shape index (κ1) is 18.3. The van der Waals surface area contributed by atoms with Crippen molar-refractivity contribution in [3.8, 4) is 17.0 Å². The Bertz CT molecular complexity index is 695. The highest BCUT2D eigenvalue weighted by Crippen LogP contribution is 2.23. The van der Waals surface area contributed by atoms with E-state index in [-0.39, 0.29) is 5.69 Å². The number of morpholine rings is 1. The molecule has 1 N–H and O–H groups in total. The maximum Gasteiger partial charge on any atom is 0.361 e. The number of benzene rings is 1. The van der Waals surface area contributed by atoms with E-state index in [2.05, 4.69) is 20.3 Å². The van der Waals surface area contributed by atoms with Crippen molar-refractivity contribution in [2.75, 3.05) is 46.1 Å². The minimum Gasteiger partial charge on any atom is -0.494 e. The number of hydrogen-bond donors (Lipinski definition) is 1. The number of carbonyl (C=O) groups is 1. The second-order valence-electron chi connectivity index (χ2n) is 5.92. The first-order chi connectivity index (χ1) is 12.8. The number of esters is 1. The van der Waals surface area contributed by atoms with Gasteiger partial charge in [-0.25, -0.2) is 4.79 Å². The van der Waals surface area contributed by atoms with E-state index in [0.29, 0.717) is 18.9 Å². The third kappa shape index (κ3) is 4.80. The summed E-state index contributed by atoms with van der Waals surface area (Å²) in [5.41, 5.74) is 1.44. The summed E-state index contributed by atoms with van der Waals surface area (Å²) < 4.78 is 16.1. The van der Waals surface area contributed by atoms with E-state index < -0.39 is 5.97 Å². The largest absolute Gasteiger partial charge is 0.494 e. The van der Waals surface area contributed by atoms with Crippen molar-refractivity contribution in [3.63, 3.8) is 0 Å². The third-order valence-electron chi connectivity index (χ3n) is 4.14. The maximum atomic E-state index is 11.9. The molecule has 26 heavy (non-hydrogen) atoms. The van der Waals surface area contributed by atoms with E-state index in [1.807, 2.05) is 24.3 Å². The fourth-order valence-electron chi connectivity index (χ4n) is 2.79. The number of ether oxygens (including phenoxy) is 3. The highest BCUT2D eigenvalue weighted by atomic mass is 16.5. The summed E-state index contributed by atoms with van der Waals surface area (Å²) in [6.45, 7) is 7.35. The molecule has 0 spiro atoms. The Morgan fingerprint density at radius 1 is 1.23 bits per heavy atom. The number of nitrogens with one attached hydrogen (secondary N) is 1. The Labute approximate surface area is 152 Å². The molecule has 8 heteroatoms. The average molecular weight is 360 g/mol. The highest BCUT2D eigenvalue weighted by molar-refractivity contribution is 5.93. The predicted octanol–water partition coefficient (Wildman–Crippen LogP) is 1.75. The van der Waals surface area contributed by atoms with Crippen LogP contribution >= 0.6 is 0 Å². The normalized spacial score (nSPS) is 15.0. The molecule has 0 bridgehead atoms. The van der Waals surface area contributed by atoms with Crippen molar-refractivity contribution >= 4 is 5.97 Å². The Hall–Kier alpha value is -2.45. The zero-order valence-corrected chi connectivity index (χ0v) is 14.9. The Morgan fingerprint density at radius 2 is 2.00 bits per heavy atom. The molecule has 2 aromatic rings. The van der Waals surface area contributed by atoms with Crippen LogP contribution in [0.25, 0.3) is 11.3 Å². The van der Waals surface area contributed by atoms with E-state index in [1.54, 1.807) is 6.92 Å². The molecule has 1 aliphatic rings. The van der Waals surface area contributed by atoms with Crippen molar-refractivity contribution in [3.05, 3.63) is 30.0 Å². The summed E-state index contributed by atoms with van der Waals surface area (Å²) in [5.74, 6) is 0.302. The molecule has 8 nitrogen and oxygen atoms in total. The molecule has 140 valence electrons. The van der Waals surface area contributed by atoms with Crippen LogP contribution in [0.1, 0.15) is 23.8 Å². The lowest BCUT2D eigenvalue weighted by molar-refractivity contribution is 0.0358. The van der Waals surface area contributed by atoms with Crippen LogP contribution in [0.3, 0.4) is 0 Å². The number of hydrogen-bond acceptors (Lipinski definition) is 7. The van der Waals surface area contributed by atoms with Crippen molar-refractivity contribution in [2.24, 2.45) is 0 Å². The Kier molecular flexibility index (Phi) is 6.56. The van der Waals surface area contributed by atoms with Gasteiger partial charge in [0.25, 0.3) is 0 Å². The second-order valence-corrected chi connectivity index (χ2v) is 5.92. The van der Waals surface area contributed by atoms with Crippen LogP contribution in [0.4, 0.5) is 0 Å². The number of H-pyrrole nitrogens is 1. The molecule has 1 fully saturated rings. The van der Waals surface area contributed by atoms with Crippen LogP contribution in [-0.4, -0.2) is 72.3 Å². The highest BCUT2D eigenvalue weighted by Gasteiger charge is 2.19. The maximum absolute atomic E-state index is 11.9. The molecule has 1 aromatic carbocycles. The summed E-state index contributed by atoms with van der Waals surface area (Å²) in [4.78, 5) is 14.3. The lowest BCUT2D eigenvalue weighted by atomic mass is 10.1. The Balaban J connectivity index is 1.51. The summed E-state index contributed by atoms with van der Waals surface area (Å²) in [6.07, 6.45) is 0.970. The fourth-order valence-corrected chi connectivity index (χ4v) is 2.79. The third-order valence-corrected chi connectivity index (χ3v) is 4.14. The van der Waals surface area contributed by atoms with Gasteiger partial charge in [-0.2, -0.15) is 10.3 Å². The molecule has 1 aliphatic heterocycles. The van der Waals surface area contributed by atoms with Gasteiger partial charge >= 0.3 is 5.97 Å². The minimum atomic E-state index is -0.486. The van der Waals surface area contributed by atoms with Crippen LogP contribution in [0, 0.1) is 0 Å². The summed E-state index contributed by atoms with van der Waals surface area (Å²) in [7, 11) is 0. The van der Waals surface area contributed by atoms with Crippen molar-refractivity contribution < 1.29 is 19.0 Å². The van der Waals surface area contributed by atoms with Crippen LogP contribution in [-0.2, 0) is 9.47 Å². The molecule has 2 heterocycles. The quantitative estimate of drug-likeness (QED) is 0.566. The van der Waals surface area contributed by atoms with Crippen molar-refractivity contribution in [1.82, 2.24) is 20.3 Å². The van der Waals surface area contributed by atoms with E-state index in [1.165, 1.54) is 0 Å². The summed E-state index contributed by atoms with van der Waals surface area (Å²) >= 11 is 0. The average Bonchev–Trinajstić information content (AvgIpc) is 3.17. The minimum absolute atomic E-state index is 0.186. The van der Waals surface area contributed by atoms with Gasteiger partial charge in [-0.3, -0.25) is 4.90 Å². The fraction of sp³-hybridized carbons (Fsp3) is 0.500. The van der Waals surface area contributed by atoms with Crippen LogP contribution in [0.15, 0.2) is 24.3 Å². The molecule has 0 saturated carbocycles. The molecule has 3 rings (SSSR count). The van der Waals surface area contributed by atoms with Crippen molar-refractivity contribution in [1.29, 1.82) is 0 Å². The van der Waals surface area contributed by atoms with Gasteiger partial charge in [-0.05, 0) is 37.6 Å².